The number of halogens is 3. The smallest absolute Gasteiger partial charge is 0.387 e. The average Bonchev–Trinajstić information content (AvgIpc) is 2.78. The summed E-state index contributed by atoms with van der Waals surface area (Å²) in [7, 11) is 0. The highest BCUT2D eigenvalue weighted by Gasteiger charge is 2.18. The summed E-state index contributed by atoms with van der Waals surface area (Å²) in [6, 6.07) is 7.46. The van der Waals surface area contributed by atoms with Gasteiger partial charge >= 0.3 is 12.3 Å². The number of imidazole rings is 1. The highest BCUT2D eigenvalue weighted by atomic mass is 35.5. The predicted octanol–water partition coefficient (Wildman–Crippen LogP) is 4.02. The highest BCUT2D eigenvalue weighted by Crippen LogP contribution is 2.24. The topological polar surface area (TPSA) is 49.0 Å². The molecule has 2 heterocycles. The van der Waals surface area contributed by atoms with Crippen molar-refractivity contribution < 1.29 is 13.5 Å². The number of aromatic nitrogens is 3. The van der Waals surface area contributed by atoms with Crippen LogP contribution in [0.25, 0.3) is 16.7 Å². The van der Waals surface area contributed by atoms with Crippen molar-refractivity contribution in [2.75, 3.05) is 0 Å². The average molecular weight is 354 g/mol. The number of hydrogen-bond acceptors (Lipinski definition) is 3. The van der Waals surface area contributed by atoms with Crippen molar-refractivity contribution in [1.82, 2.24) is 14.1 Å². The Morgan fingerprint density at radius 3 is 2.62 bits per heavy atom. The molecule has 0 radical (unpaired) electrons. The van der Waals surface area contributed by atoms with Gasteiger partial charge in [0.05, 0.1) is 22.9 Å². The second kappa shape index (κ2) is 6.24. The molecule has 1 aromatic carbocycles. The number of benzene rings is 1. The van der Waals surface area contributed by atoms with Crippen LogP contribution in [-0.2, 0) is 0 Å². The lowest BCUT2D eigenvalue weighted by molar-refractivity contribution is -0.0498. The van der Waals surface area contributed by atoms with Gasteiger partial charge < -0.3 is 4.74 Å². The van der Waals surface area contributed by atoms with Crippen LogP contribution in [0.5, 0.6) is 5.75 Å². The highest BCUT2D eigenvalue weighted by molar-refractivity contribution is 6.29. The zero-order chi connectivity index (χ0) is 17.4. The van der Waals surface area contributed by atoms with Gasteiger partial charge in [-0.25, -0.2) is 9.78 Å². The number of pyridine rings is 1. The first-order chi connectivity index (χ1) is 11.4. The lowest BCUT2D eigenvalue weighted by Gasteiger charge is -2.08. The minimum absolute atomic E-state index is 0.0261. The van der Waals surface area contributed by atoms with Crippen molar-refractivity contribution >= 4 is 22.6 Å². The first kappa shape index (κ1) is 16.4. The summed E-state index contributed by atoms with van der Waals surface area (Å²) in [5.74, 6) is -0.0261. The number of rotatable bonds is 4. The van der Waals surface area contributed by atoms with E-state index in [-0.39, 0.29) is 22.6 Å². The van der Waals surface area contributed by atoms with E-state index < -0.39 is 6.61 Å². The van der Waals surface area contributed by atoms with Crippen LogP contribution in [0.4, 0.5) is 8.78 Å². The van der Waals surface area contributed by atoms with E-state index in [1.165, 1.54) is 22.9 Å². The summed E-state index contributed by atoms with van der Waals surface area (Å²) in [6.45, 7) is 0.806. The fourth-order valence-corrected chi connectivity index (χ4v) is 2.79. The number of nitrogens with zero attached hydrogens (tertiary/aromatic N) is 3. The maximum Gasteiger partial charge on any atom is 0.387 e. The fourth-order valence-electron chi connectivity index (χ4n) is 2.64. The van der Waals surface area contributed by atoms with Gasteiger partial charge in [-0.15, -0.1) is 0 Å². The van der Waals surface area contributed by atoms with Crippen molar-refractivity contribution in [2.24, 2.45) is 0 Å². The third-order valence-corrected chi connectivity index (χ3v) is 3.75. The molecule has 0 saturated heterocycles. The second-order valence-electron chi connectivity index (χ2n) is 5.45. The monoisotopic (exact) mass is 353 g/mol. The third-order valence-electron chi connectivity index (χ3n) is 3.54. The Kier molecular flexibility index (Phi) is 4.28. The van der Waals surface area contributed by atoms with E-state index in [4.69, 9.17) is 11.6 Å². The molecule has 24 heavy (non-hydrogen) atoms. The normalized spacial score (nSPS) is 11.6. The molecule has 3 aromatic rings. The first-order valence-corrected chi connectivity index (χ1v) is 7.60. The number of fused-ring (bicyclic) bond motifs is 1. The van der Waals surface area contributed by atoms with Gasteiger partial charge in [0.15, 0.2) is 0 Å². The van der Waals surface area contributed by atoms with Crippen molar-refractivity contribution in [2.45, 2.75) is 26.5 Å². The van der Waals surface area contributed by atoms with Gasteiger partial charge in [-0.2, -0.15) is 8.78 Å². The van der Waals surface area contributed by atoms with Crippen molar-refractivity contribution in [3.63, 3.8) is 0 Å². The second-order valence-corrected chi connectivity index (χ2v) is 5.84. The molecular formula is C16H14ClF2N3O2. The number of hydrogen-bond donors (Lipinski definition) is 0. The quantitative estimate of drug-likeness (QED) is 0.665. The summed E-state index contributed by atoms with van der Waals surface area (Å²) >= 11 is 5.95. The van der Waals surface area contributed by atoms with Crippen LogP contribution in [0.2, 0.25) is 5.15 Å². The van der Waals surface area contributed by atoms with E-state index >= 15 is 0 Å². The van der Waals surface area contributed by atoms with Crippen LogP contribution in [0.3, 0.4) is 0 Å². The van der Waals surface area contributed by atoms with Crippen molar-refractivity contribution in [3.8, 4) is 11.4 Å². The maximum absolute atomic E-state index is 12.8. The first-order valence-electron chi connectivity index (χ1n) is 7.22. The van der Waals surface area contributed by atoms with E-state index in [1.54, 1.807) is 22.8 Å². The van der Waals surface area contributed by atoms with Gasteiger partial charge in [0.25, 0.3) is 0 Å². The molecule has 0 aliphatic carbocycles. The molecule has 0 saturated carbocycles. The Morgan fingerprint density at radius 2 is 1.96 bits per heavy atom. The van der Waals surface area contributed by atoms with Crippen LogP contribution in [0.1, 0.15) is 19.9 Å². The zero-order valence-corrected chi connectivity index (χ0v) is 13.7. The van der Waals surface area contributed by atoms with Crippen LogP contribution in [-0.4, -0.2) is 20.7 Å². The molecule has 126 valence electrons. The Morgan fingerprint density at radius 1 is 1.21 bits per heavy atom. The SMILES string of the molecule is CC(C)n1c(=O)n(-c2cccc(OC(F)F)c2)c2cnc(Cl)cc21. The van der Waals surface area contributed by atoms with E-state index in [0.717, 1.165) is 0 Å². The van der Waals surface area contributed by atoms with Gasteiger partial charge in [0, 0.05) is 18.2 Å². The largest absolute Gasteiger partial charge is 0.435 e. The summed E-state index contributed by atoms with van der Waals surface area (Å²) < 4.78 is 32.2. The number of ether oxygens (including phenoxy) is 1. The zero-order valence-electron chi connectivity index (χ0n) is 12.9. The minimum atomic E-state index is -2.94. The summed E-state index contributed by atoms with van der Waals surface area (Å²) in [5.41, 5.74) is 1.26. The molecule has 0 aliphatic rings. The summed E-state index contributed by atoms with van der Waals surface area (Å²) in [6.07, 6.45) is 1.48. The van der Waals surface area contributed by atoms with Crippen molar-refractivity contribution in [1.29, 1.82) is 0 Å². The molecule has 0 unspecified atom stereocenters. The van der Waals surface area contributed by atoms with E-state index in [2.05, 4.69) is 9.72 Å². The Balaban J connectivity index is 2.27. The molecule has 0 amide bonds. The Hall–Kier alpha value is -2.41. The van der Waals surface area contributed by atoms with E-state index in [0.29, 0.717) is 16.7 Å². The predicted molar refractivity (Wildman–Crippen MR) is 87.4 cm³/mol. The maximum atomic E-state index is 12.8. The van der Waals surface area contributed by atoms with E-state index in [9.17, 15) is 13.6 Å². The molecule has 0 fully saturated rings. The van der Waals surface area contributed by atoms with Crippen LogP contribution < -0.4 is 10.4 Å². The van der Waals surface area contributed by atoms with Gasteiger partial charge in [0.1, 0.15) is 10.9 Å². The molecule has 0 atom stereocenters. The van der Waals surface area contributed by atoms with Gasteiger partial charge in [-0.1, -0.05) is 17.7 Å². The standard InChI is InChI=1S/C16H14ClF2N3O2/c1-9(2)21-12-7-14(17)20-8-13(12)22(16(21)23)10-4-3-5-11(6-10)24-15(18)19/h3-9,15H,1-2H3. The molecule has 2 aromatic heterocycles. The fraction of sp³-hybridized carbons (Fsp3) is 0.250. The summed E-state index contributed by atoms with van der Waals surface area (Å²) in [5, 5.41) is 0.267. The lowest BCUT2D eigenvalue weighted by atomic mass is 10.3. The number of alkyl halides is 2. The molecule has 0 N–H and O–H groups in total. The van der Waals surface area contributed by atoms with Crippen LogP contribution in [0.15, 0.2) is 41.3 Å². The summed E-state index contributed by atoms with van der Waals surface area (Å²) in [4.78, 5) is 16.9. The minimum Gasteiger partial charge on any atom is -0.435 e. The van der Waals surface area contributed by atoms with Gasteiger partial charge in [0.2, 0.25) is 0 Å². The molecular weight excluding hydrogens is 340 g/mol. The van der Waals surface area contributed by atoms with Crippen LogP contribution >= 0.6 is 11.6 Å². The van der Waals surface area contributed by atoms with Crippen LogP contribution in [0, 0.1) is 0 Å². The Labute approximate surface area is 141 Å². The van der Waals surface area contributed by atoms with Gasteiger partial charge in [-0.05, 0) is 26.0 Å². The Bertz CT molecular complexity index is 950. The van der Waals surface area contributed by atoms with Gasteiger partial charge in [-0.3, -0.25) is 9.13 Å². The molecule has 0 aliphatic heterocycles. The molecule has 3 rings (SSSR count). The molecule has 0 bridgehead atoms. The molecule has 8 heteroatoms. The third kappa shape index (κ3) is 2.87. The van der Waals surface area contributed by atoms with Crippen molar-refractivity contribution in [3.05, 3.63) is 52.2 Å². The lowest BCUT2D eigenvalue weighted by Crippen LogP contribution is -2.24. The molecule has 5 nitrogen and oxygen atoms in total. The van der Waals surface area contributed by atoms with E-state index in [1.807, 2.05) is 13.8 Å². The molecule has 0 spiro atoms.